The van der Waals surface area contributed by atoms with Crippen LogP contribution in [-0.2, 0) is 18.6 Å². The number of allylic oxidation sites excluding steroid dienone is 2. The van der Waals surface area contributed by atoms with E-state index < -0.39 is 0 Å². The summed E-state index contributed by atoms with van der Waals surface area (Å²) in [5.74, 6) is 0.592. The smallest absolute Gasteiger partial charge is 0.403 e. The molecule has 0 spiro atoms. The maximum absolute atomic E-state index is 6.19. The molecule has 4 nitrogen and oxygen atoms in total. The fourth-order valence-electron chi connectivity index (χ4n) is 3.44. The Morgan fingerprint density at radius 3 is 1.04 bits per heavy atom. The van der Waals surface area contributed by atoms with E-state index in [2.05, 4.69) is 67.5 Å². The number of hydrogen-bond acceptors (Lipinski definition) is 4. The van der Waals surface area contributed by atoms with Crippen molar-refractivity contribution in [3.05, 3.63) is 12.2 Å². The van der Waals surface area contributed by atoms with E-state index in [1.54, 1.807) is 0 Å². The van der Waals surface area contributed by atoms with Crippen molar-refractivity contribution in [3.8, 4) is 0 Å². The average Bonchev–Trinajstić information content (AvgIpc) is 2.79. The van der Waals surface area contributed by atoms with Gasteiger partial charge in [-0.3, -0.25) is 0 Å². The Hall–Kier alpha value is -0.290. The van der Waals surface area contributed by atoms with Gasteiger partial charge in [-0.05, 0) is 68.2 Å². The summed E-state index contributed by atoms with van der Waals surface area (Å²) in [4.78, 5) is 0. The van der Waals surface area contributed by atoms with Crippen LogP contribution in [0.4, 0.5) is 0 Å². The zero-order chi connectivity index (χ0) is 18.0. The van der Waals surface area contributed by atoms with Gasteiger partial charge >= 0.3 is 14.2 Å². The molecule has 0 aromatic heterocycles. The van der Waals surface area contributed by atoms with Crippen molar-refractivity contribution in [1.82, 2.24) is 0 Å². The van der Waals surface area contributed by atoms with Crippen LogP contribution in [0.25, 0.3) is 0 Å². The van der Waals surface area contributed by atoms with E-state index in [9.17, 15) is 0 Å². The molecule has 0 bridgehead atoms. The summed E-state index contributed by atoms with van der Waals surface area (Å²) < 4.78 is 24.8. The molecule has 2 heterocycles. The third-order valence-electron chi connectivity index (χ3n) is 6.68. The minimum absolute atomic E-state index is 0.162. The third-order valence-corrected chi connectivity index (χ3v) is 6.68. The largest absolute Gasteiger partial charge is 0.465 e. The second kappa shape index (κ2) is 5.60. The van der Waals surface area contributed by atoms with Crippen molar-refractivity contribution >= 4 is 14.2 Å². The quantitative estimate of drug-likeness (QED) is 0.559. The molecule has 3 rings (SSSR count). The molecule has 6 heteroatoms. The van der Waals surface area contributed by atoms with Crippen LogP contribution < -0.4 is 0 Å². The first-order valence-corrected chi connectivity index (χ1v) is 9.24. The van der Waals surface area contributed by atoms with Crippen LogP contribution in [0.15, 0.2) is 12.2 Å². The summed E-state index contributed by atoms with van der Waals surface area (Å²) in [5, 5.41) is 0. The van der Waals surface area contributed by atoms with E-state index in [0.29, 0.717) is 11.6 Å². The number of hydrogen-bond donors (Lipinski definition) is 0. The van der Waals surface area contributed by atoms with Crippen molar-refractivity contribution < 1.29 is 18.6 Å². The Morgan fingerprint density at radius 1 is 0.583 bits per heavy atom. The van der Waals surface area contributed by atoms with Crippen LogP contribution in [0, 0.1) is 0 Å². The summed E-state index contributed by atoms with van der Waals surface area (Å²) in [6.45, 7) is 16.8. The first-order chi connectivity index (χ1) is 10.8. The molecule has 0 radical (unpaired) electrons. The van der Waals surface area contributed by atoms with E-state index in [1.807, 2.05) is 0 Å². The van der Waals surface area contributed by atoms with Gasteiger partial charge in [0.1, 0.15) is 0 Å². The van der Waals surface area contributed by atoms with Gasteiger partial charge in [-0.2, -0.15) is 0 Å². The molecule has 24 heavy (non-hydrogen) atoms. The van der Waals surface area contributed by atoms with Crippen LogP contribution in [0.3, 0.4) is 0 Å². The molecule has 0 N–H and O–H groups in total. The first kappa shape index (κ1) is 18.5. The predicted octanol–water partition coefficient (Wildman–Crippen LogP) is 4.26. The SMILES string of the molecule is CC1(C)OB(C2C=CC(B3OC(C)(C)C(C)(C)O3)CC2)OC1(C)C. The standard InChI is InChI=1S/C18H32B2O4/c1-15(2)16(3,4)22-19(21-15)13-9-11-14(12-10-13)20-23-17(5,6)18(7,8)24-20/h9,11,13-14H,10,12H2,1-8H3. The molecule has 134 valence electrons. The lowest BCUT2D eigenvalue weighted by Crippen LogP contribution is -2.41. The van der Waals surface area contributed by atoms with Crippen molar-refractivity contribution in [2.24, 2.45) is 0 Å². The molecule has 0 aromatic carbocycles. The summed E-state index contributed by atoms with van der Waals surface area (Å²) in [6, 6.07) is 0. The van der Waals surface area contributed by atoms with Crippen molar-refractivity contribution in [3.63, 3.8) is 0 Å². The third kappa shape index (κ3) is 3.00. The second-order valence-corrected chi connectivity index (χ2v) is 9.54. The maximum atomic E-state index is 6.19. The molecule has 2 atom stereocenters. The van der Waals surface area contributed by atoms with Gasteiger partial charge in [0.15, 0.2) is 0 Å². The van der Waals surface area contributed by atoms with Crippen molar-refractivity contribution in [2.45, 2.75) is 102 Å². The van der Waals surface area contributed by atoms with Crippen LogP contribution in [0.5, 0.6) is 0 Å². The van der Waals surface area contributed by atoms with Gasteiger partial charge in [-0.1, -0.05) is 12.2 Å². The summed E-state index contributed by atoms with van der Waals surface area (Å²) in [7, 11) is -0.323. The lowest BCUT2D eigenvalue weighted by atomic mass is 9.59. The molecular formula is C18H32B2O4. The minimum Gasteiger partial charge on any atom is -0.403 e. The van der Waals surface area contributed by atoms with Crippen molar-refractivity contribution in [2.75, 3.05) is 0 Å². The highest BCUT2D eigenvalue weighted by Crippen LogP contribution is 2.46. The van der Waals surface area contributed by atoms with Gasteiger partial charge in [0.25, 0.3) is 0 Å². The predicted molar refractivity (Wildman–Crippen MR) is 98.0 cm³/mol. The second-order valence-electron chi connectivity index (χ2n) is 9.54. The Labute approximate surface area is 147 Å². The summed E-state index contributed by atoms with van der Waals surface area (Å²) in [6.07, 6.45) is 6.53. The normalized spacial score (nSPS) is 36.3. The van der Waals surface area contributed by atoms with Gasteiger partial charge in [0.05, 0.1) is 22.4 Å². The molecule has 2 saturated heterocycles. The molecule has 0 amide bonds. The summed E-state index contributed by atoms with van der Waals surface area (Å²) >= 11 is 0. The molecule has 2 fully saturated rings. The Bertz CT molecular complexity index is 449. The van der Waals surface area contributed by atoms with E-state index in [0.717, 1.165) is 12.8 Å². The zero-order valence-electron chi connectivity index (χ0n) is 16.5. The summed E-state index contributed by atoms with van der Waals surface area (Å²) in [5.41, 5.74) is -1.08. The van der Waals surface area contributed by atoms with Crippen LogP contribution in [0.1, 0.15) is 68.2 Å². The highest BCUT2D eigenvalue weighted by atomic mass is 16.7. The van der Waals surface area contributed by atoms with E-state index in [-0.39, 0.29) is 36.6 Å². The minimum atomic E-state index is -0.270. The van der Waals surface area contributed by atoms with E-state index in [1.165, 1.54) is 0 Å². The van der Waals surface area contributed by atoms with Crippen LogP contribution in [-0.4, -0.2) is 36.6 Å². The van der Waals surface area contributed by atoms with Gasteiger partial charge in [-0.15, -0.1) is 0 Å². The Balaban J connectivity index is 1.64. The van der Waals surface area contributed by atoms with E-state index >= 15 is 0 Å². The van der Waals surface area contributed by atoms with Crippen molar-refractivity contribution in [1.29, 1.82) is 0 Å². The van der Waals surface area contributed by atoms with E-state index in [4.69, 9.17) is 18.6 Å². The lowest BCUT2D eigenvalue weighted by molar-refractivity contribution is 0.00578. The molecule has 2 aliphatic heterocycles. The fraction of sp³-hybridized carbons (Fsp3) is 0.889. The van der Waals surface area contributed by atoms with Gasteiger partial charge in [-0.25, -0.2) is 0 Å². The average molecular weight is 334 g/mol. The van der Waals surface area contributed by atoms with Crippen LogP contribution >= 0.6 is 0 Å². The van der Waals surface area contributed by atoms with Crippen LogP contribution in [0.2, 0.25) is 11.6 Å². The highest BCUT2D eigenvalue weighted by molar-refractivity contribution is 6.49. The maximum Gasteiger partial charge on any atom is 0.465 e. The zero-order valence-corrected chi connectivity index (χ0v) is 16.5. The molecule has 0 aromatic rings. The topological polar surface area (TPSA) is 36.9 Å². The Kier molecular flexibility index (Phi) is 4.32. The molecule has 3 aliphatic rings. The van der Waals surface area contributed by atoms with Gasteiger partial charge < -0.3 is 18.6 Å². The fourth-order valence-corrected chi connectivity index (χ4v) is 3.44. The lowest BCUT2D eigenvalue weighted by Gasteiger charge is -2.32. The van der Waals surface area contributed by atoms with Gasteiger partial charge in [0, 0.05) is 11.6 Å². The highest BCUT2D eigenvalue weighted by Gasteiger charge is 2.56. The monoisotopic (exact) mass is 334 g/mol. The molecule has 2 unspecified atom stereocenters. The Morgan fingerprint density at radius 2 is 0.833 bits per heavy atom. The van der Waals surface area contributed by atoms with Gasteiger partial charge in [0.2, 0.25) is 0 Å². The molecular weight excluding hydrogens is 302 g/mol. The molecule has 1 aliphatic carbocycles. The number of rotatable bonds is 2. The first-order valence-electron chi connectivity index (χ1n) is 9.24. The molecule has 0 saturated carbocycles.